The summed E-state index contributed by atoms with van der Waals surface area (Å²) >= 11 is 0. The van der Waals surface area contributed by atoms with Crippen LogP contribution in [-0.4, -0.2) is 28.9 Å². The largest absolute Gasteiger partial charge is 0.394 e. The predicted molar refractivity (Wildman–Crippen MR) is 81.5 cm³/mol. The Morgan fingerprint density at radius 3 is 2.05 bits per heavy atom. The summed E-state index contributed by atoms with van der Waals surface area (Å²) in [6.45, 7) is 5.65. The maximum atomic E-state index is 11.6. The van der Waals surface area contributed by atoms with Crippen LogP contribution >= 0.6 is 0 Å². The zero-order chi connectivity index (χ0) is 15.4. The van der Waals surface area contributed by atoms with Crippen LogP contribution in [-0.2, 0) is 9.59 Å². The molecular formula is C16H31NO3. The first-order valence-corrected chi connectivity index (χ1v) is 7.85. The van der Waals surface area contributed by atoms with Gasteiger partial charge in [0.05, 0.1) is 12.1 Å². The fourth-order valence-electron chi connectivity index (χ4n) is 1.96. The van der Waals surface area contributed by atoms with Gasteiger partial charge in [-0.25, -0.2) is 0 Å². The molecule has 0 fully saturated rings. The number of aliphatic hydroxyl groups excluding tert-OH is 1. The number of nitrogens with one attached hydrogen (secondary N) is 1. The van der Waals surface area contributed by atoms with Crippen molar-refractivity contribution in [3.63, 3.8) is 0 Å². The maximum Gasteiger partial charge on any atom is 0.220 e. The highest BCUT2D eigenvalue weighted by atomic mass is 16.3. The number of hydrogen-bond donors (Lipinski definition) is 2. The molecule has 0 bridgehead atoms. The molecule has 0 spiro atoms. The van der Waals surface area contributed by atoms with Gasteiger partial charge in [0.25, 0.3) is 0 Å². The Morgan fingerprint density at radius 2 is 1.50 bits per heavy atom. The highest BCUT2D eigenvalue weighted by Crippen LogP contribution is 2.08. The molecule has 0 rings (SSSR count). The molecule has 0 aromatic heterocycles. The Balaban J connectivity index is 3.52. The van der Waals surface area contributed by atoms with Gasteiger partial charge in [0.2, 0.25) is 5.91 Å². The molecule has 2 N–H and O–H groups in total. The fraction of sp³-hybridized carbons (Fsp3) is 0.875. The molecule has 0 aliphatic heterocycles. The van der Waals surface area contributed by atoms with E-state index < -0.39 is 5.54 Å². The lowest BCUT2D eigenvalue weighted by Crippen LogP contribution is -2.46. The van der Waals surface area contributed by atoms with E-state index in [1.807, 2.05) is 0 Å². The smallest absolute Gasteiger partial charge is 0.220 e. The Morgan fingerprint density at radius 1 is 0.950 bits per heavy atom. The van der Waals surface area contributed by atoms with Gasteiger partial charge >= 0.3 is 0 Å². The predicted octanol–water partition coefficient (Wildman–Crippen LogP) is 2.97. The second-order valence-corrected chi connectivity index (χ2v) is 6.15. The van der Waals surface area contributed by atoms with Crippen LogP contribution in [0.3, 0.4) is 0 Å². The van der Waals surface area contributed by atoms with Gasteiger partial charge in [-0.05, 0) is 33.1 Å². The first kappa shape index (κ1) is 19.1. The molecule has 4 nitrogen and oxygen atoms in total. The lowest BCUT2D eigenvalue weighted by Gasteiger charge is -2.23. The summed E-state index contributed by atoms with van der Waals surface area (Å²) in [7, 11) is 0. The number of ketones is 1. The number of carbonyl (C=O) groups excluding carboxylic acids is 2. The third-order valence-electron chi connectivity index (χ3n) is 3.29. The van der Waals surface area contributed by atoms with Crippen molar-refractivity contribution < 1.29 is 14.7 Å². The molecule has 0 saturated heterocycles. The summed E-state index contributed by atoms with van der Waals surface area (Å²) in [5.41, 5.74) is -0.549. The van der Waals surface area contributed by atoms with E-state index in [0.29, 0.717) is 25.0 Å². The van der Waals surface area contributed by atoms with Crippen LogP contribution in [0.5, 0.6) is 0 Å². The first-order valence-electron chi connectivity index (χ1n) is 7.85. The molecule has 0 aliphatic carbocycles. The van der Waals surface area contributed by atoms with Crippen molar-refractivity contribution in [2.45, 2.75) is 84.1 Å². The molecule has 20 heavy (non-hydrogen) atoms. The van der Waals surface area contributed by atoms with Crippen LogP contribution in [0.25, 0.3) is 0 Å². The second-order valence-electron chi connectivity index (χ2n) is 6.15. The molecule has 0 saturated carbocycles. The van der Waals surface area contributed by atoms with E-state index in [2.05, 4.69) is 12.2 Å². The van der Waals surface area contributed by atoms with E-state index in [1.165, 1.54) is 0 Å². The summed E-state index contributed by atoms with van der Waals surface area (Å²) in [5.74, 6) is 0.322. The minimum absolute atomic E-state index is 0.0293. The van der Waals surface area contributed by atoms with Crippen LogP contribution in [0.1, 0.15) is 78.6 Å². The second kappa shape index (κ2) is 10.8. The summed E-state index contributed by atoms with van der Waals surface area (Å²) in [4.78, 5) is 23.1. The quantitative estimate of drug-likeness (QED) is 0.542. The number of Topliss-reactive ketones (excluding diaryl/α,β-unsaturated/α-hetero) is 1. The van der Waals surface area contributed by atoms with E-state index in [4.69, 9.17) is 5.11 Å². The highest BCUT2D eigenvalue weighted by Gasteiger charge is 2.18. The molecule has 0 unspecified atom stereocenters. The van der Waals surface area contributed by atoms with Gasteiger partial charge in [0.1, 0.15) is 5.78 Å². The van der Waals surface area contributed by atoms with Crippen molar-refractivity contribution in [2.75, 3.05) is 6.61 Å². The molecule has 0 atom stereocenters. The molecular weight excluding hydrogens is 254 g/mol. The zero-order valence-corrected chi connectivity index (χ0v) is 13.3. The Labute approximate surface area is 123 Å². The lowest BCUT2D eigenvalue weighted by molar-refractivity contribution is -0.123. The monoisotopic (exact) mass is 285 g/mol. The number of aliphatic hydroxyl groups is 1. The fourth-order valence-corrected chi connectivity index (χ4v) is 1.96. The summed E-state index contributed by atoms with van der Waals surface area (Å²) in [5, 5.41) is 11.8. The van der Waals surface area contributed by atoms with Crippen LogP contribution < -0.4 is 5.32 Å². The Kier molecular flexibility index (Phi) is 10.3. The maximum absolute atomic E-state index is 11.6. The standard InChI is InChI=1S/C16H31NO3/c1-4-5-7-10-14(19)11-8-6-9-12-15(20)17-16(2,3)13-18/h18H,4-13H2,1-3H3,(H,17,20). The molecule has 1 amide bonds. The Bertz CT molecular complexity index is 287. The summed E-state index contributed by atoms with van der Waals surface area (Å²) in [6, 6.07) is 0. The van der Waals surface area contributed by atoms with Crippen molar-refractivity contribution >= 4 is 11.7 Å². The van der Waals surface area contributed by atoms with E-state index in [1.54, 1.807) is 13.8 Å². The average Bonchev–Trinajstić information content (AvgIpc) is 2.38. The van der Waals surface area contributed by atoms with E-state index in [-0.39, 0.29) is 12.5 Å². The SMILES string of the molecule is CCCCCC(=O)CCCCCC(=O)NC(C)(C)CO. The number of amides is 1. The van der Waals surface area contributed by atoms with E-state index in [0.717, 1.165) is 38.5 Å². The third-order valence-corrected chi connectivity index (χ3v) is 3.29. The number of unbranched alkanes of at least 4 members (excludes halogenated alkanes) is 4. The van der Waals surface area contributed by atoms with Gasteiger partial charge in [0.15, 0.2) is 0 Å². The molecule has 0 aromatic carbocycles. The van der Waals surface area contributed by atoms with Gasteiger partial charge in [-0.2, -0.15) is 0 Å². The van der Waals surface area contributed by atoms with Gasteiger partial charge < -0.3 is 10.4 Å². The lowest BCUT2D eigenvalue weighted by atomic mass is 10.0. The van der Waals surface area contributed by atoms with Crippen molar-refractivity contribution in [1.82, 2.24) is 5.32 Å². The van der Waals surface area contributed by atoms with Crippen LogP contribution in [0.2, 0.25) is 0 Å². The van der Waals surface area contributed by atoms with Gasteiger partial charge in [-0.3, -0.25) is 9.59 Å². The van der Waals surface area contributed by atoms with Crippen molar-refractivity contribution in [1.29, 1.82) is 0 Å². The summed E-state index contributed by atoms with van der Waals surface area (Å²) < 4.78 is 0. The number of rotatable bonds is 12. The Hall–Kier alpha value is -0.900. The zero-order valence-electron chi connectivity index (χ0n) is 13.3. The number of hydrogen-bond acceptors (Lipinski definition) is 3. The van der Waals surface area contributed by atoms with Gasteiger partial charge in [0, 0.05) is 19.3 Å². The minimum Gasteiger partial charge on any atom is -0.394 e. The average molecular weight is 285 g/mol. The van der Waals surface area contributed by atoms with E-state index in [9.17, 15) is 9.59 Å². The van der Waals surface area contributed by atoms with Crippen molar-refractivity contribution in [3.05, 3.63) is 0 Å². The third kappa shape index (κ3) is 11.0. The molecule has 0 aliphatic rings. The molecule has 0 heterocycles. The highest BCUT2D eigenvalue weighted by molar-refractivity contribution is 5.78. The van der Waals surface area contributed by atoms with Crippen LogP contribution in [0, 0.1) is 0 Å². The number of carbonyl (C=O) groups is 2. The van der Waals surface area contributed by atoms with Crippen molar-refractivity contribution in [2.24, 2.45) is 0 Å². The normalized spacial score (nSPS) is 11.4. The van der Waals surface area contributed by atoms with E-state index >= 15 is 0 Å². The molecule has 0 aromatic rings. The minimum atomic E-state index is -0.549. The van der Waals surface area contributed by atoms with Gasteiger partial charge in [-0.15, -0.1) is 0 Å². The van der Waals surface area contributed by atoms with Crippen LogP contribution in [0.15, 0.2) is 0 Å². The molecule has 0 radical (unpaired) electrons. The summed E-state index contributed by atoms with van der Waals surface area (Å²) in [6.07, 6.45) is 7.69. The first-order chi connectivity index (χ1) is 9.41. The van der Waals surface area contributed by atoms with Crippen molar-refractivity contribution in [3.8, 4) is 0 Å². The topological polar surface area (TPSA) is 66.4 Å². The van der Waals surface area contributed by atoms with Crippen LogP contribution in [0.4, 0.5) is 0 Å². The molecule has 4 heteroatoms. The van der Waals surface area contributed by atoms with Gasteiger partial charge in [-0.1, -0.05) is 26.2 Å². The molecule has 118 valence electrons.